The molecule has 1 aromatic heterocycles. The van der Waals surface area contributed by atoms with Crippen molar-refractivity contribution in [2.45, 2.75) is 32.8 Å². The summed E-state index contributed by atoms with van der Waals surface area (Å²) >= 11 is 0. The Morgan fingerprint density at radius 2 is 2.16 bits per heavy atom. The van der Waals surface area contributed by atoms with Crippen molar-refractivity contribution in [3.05, 3.63) is 41.6 Å². The molecule has 1 amide bonds. The van der Waals surface area contributed by atoms with Gasteiger partial charge >= 0.3 is 0 Å². The van der Waals surface area contributed by atoms with Gasteiger partial charge in [0, 0.05) is 12.5 Å². The lowest BCUT2D eigenvalue weighted by atomic mass is 10.2. The molecule has 134 valence electrons. The average molecular weight is 345 g/mol. The minimum absolute atomic E-state index is 0.00134. The van der Waals surface area contributed by atoms with Crippen molar-refractivity contribution in [1.29, 1.82) is 0 Å². The summed E-state index contributed by atoms with van der Waals surface area (Å²) in [6, 6.07) is 7.63. The molecule has 0 radical (unpaired) electrons. The van der Waals surface area contributed by atoms with Crippen molar-refractivity contribution >= 4 is 5.91 Å². The first kappa shape index (κ1) is 17.4. The second-order valence-corrected chi connectivity index (χ2v) is 6.39. The van der Waals surface area contributed by atoms with E-state index in [9.17, 15) is 4.79 Å². The fourth-order valence-corrected chi connectivity index (χ4v) is 2.58. The Morgan fingerprint density at radius 3 is 2.88 bits per heavy atom. The maximum absolute atomic E-state index is 12.5. The second-order valence-electron chi connectivity index (χ2n) is 6.39. The van der Waals surface area contributed by atoms with Crippen LogP contribution in [-0.4, -0.2) is 47.3 Å². The third-order valence-electron chi connectivity index (χ3n) is 4.09. The second kappa shape index (κ2) is 7.65. The van der Waals surface area contributed by atoms with Crippen LogP contribution in [0.5, 0.6) is 5.75 Å². The summed E-state index contributed by atoms with van der Waals surface area (Å²) in [4.78, 5) is 14.2. The van der Waals surface area contributed by atoms with Gasteiger partial charge in [-0.3, -0.25) is 4.79 Å². The van der Waals surface area contributed by atoms with E-state index in [1.807, 2.05) is 45.0 Å². The highest BCUT2D eigenvalue weighted by Crippen LogP contribution is 2.23. The molecule has 2 aromatic rings. The van der Waals surface area contributed by atoms with Crippen molar-refractivity contribution in [3.63, 3.8) is 0 Å². The molecule has 2 heterocycles. The first-order valence-electron chi connectivity index (χ1n) is 8.45. The Balaban J connectivity index is 1.58. The molecule has 7 heteroatoms. The minimum atomic E-state index is -0.392. The number of aromatic nitrogens is 2. The number of aryl methyl sites for hydroxylation is 1. The SMILES string of the molecule is Cc1ccccc1OCC(=O)N1CCO[C@H](c2nnc(C(C)C)o2)C1. The van der Waals surface area contributed by atoms with E-state index in [4.69, 9.17) is 13.9 Å². The molecule has 0 spiro atoms. The van der Waals surface area contributed by atoms with Crippen LogP contribution in [-0.2, 0) is 9.53 Å². The number of carbonyl (C=O) groups is 1. The van der Waals surface area contributed by atoms with E-state index >= 15 is 0 Å². The van der Waals surface area contributed by atoms with Crippen LogP contribution >= 0.6 is 0 Å². The summed E-state index contributed by atoms with van der Waals surface area (Å²) in [6.07, 6.45) is -0.392. The highest BCUT2D eigenvalue weighted by atomic mass is 16.5. The van der Waals surface area contributed by atoms with Gasteiger partial charge in [0.2, 0.25) is 11.8 Å². The van der Waals surface area contributed by atoms with Gasteiger partial charge in [-0.25, -0.2) is 0 Å². The summed E-state index contributed by atoms with van der Waals surface area (Å²) in [5.41, 5.74) is 1.00. The standard InChI is InChI=1S/C18H23N3O4/c1-12(2)17-19-20-18(25-17)15-10-21(8-9-23-15)16(22)11-24-14-7-5-4-6-13(14)3/h4-7,12,15H,8-11H2,1-3H3/t15-/m0/s1. The Labute approximate surface area is 146 Å². The molecule has 3 rings (SSSR count). The van der Waals surface area contributed by atoms with E-state index in [-0.39, 0.29) is 18.4 Å². The normalized spacial score (nSPS) is 17.8. The molecule has 1 atom stereocenters. The third-order valence-corrected chi connectivity index (χ3v) is 4.09. The lowest BCUT2D eigenvalue weighted by molar-refractivity contribution is -0.142. The van der Waals surface area contributed by atoms with Crippen LogP contribution in [0.25, 0.3) is 0 Å². The number of amides is 1. The topological polar surface area (TPSA) is 77.7 Å². The molecule has 0 aliphatic carbocycles. The molecule has 1 aliphatic heterocycles. The van der Waals surface area contributed by atoms with E-state index < -0.39 is 6.10 Å². The van der Waals surface area contributed by atoms with Crippen molar-refractivity contribution in [1.82, 2.24) is 15.1 Å². The summed E-state index contributed by atoms with van der Waals surface area (Å²) in [5, 5.41) is 8.07. The van der Waals surface area contributed by atoms with Crippen LogP contribution in [0.15, 0.2) is 28.7 Å². The van der Waals surface area contributed by atoms with Gasteiger partial charge in [0.1, 0.15) is 5.75 Å². The number of morpholine rings is 1. The Kier molecular flexibility index (Phi) is 5.33. The fourth-order valence-electron chi connectivity index (χ4n) is 2.58. The molecule has 1 fully saturated rings. The number of ether oxygens (including phenoxy) is 2. The smallest absolute Gasteiger partial charge is 0.260 e. The van der Waals surface area contributed by atoms with E-state index in [2.05, 4.69) is 10.2 Å². The van der Waals surface area contributed by atoms with E-state index in [1.54, 1.807) is 4.90 Å². The Bertz CT molecular complexity index is 729. The van der Waals surface area contributed by atoms with Gasteiger partial charge in [0.05, 0.1) is 13.2 Å². The highest BCUT2D eigenvalue weighted by molar-refractivity contribution is 5.78. The zero-order valence-electron chi connectivity index (χ0n) is 14.8. The first-order chi connectivity index (χ1) is 12.0. The van der Waals surface area contributed by atoms with Crippen LogP contribution < -0.4 is 4.74 Å². The predicted molar refractivity (Wildman–Crippen MR) is 90.3 cm³/mol. The molecule has 0 bridgehead atoms. The van der Waals surface area contributed by atoms with E-state index in [0.717, 1.165) is 11.3 Å². The monoisotopic (exact) mass is 345 g/mol. The van der Waals surface area contributed by atoms with E-state index in [1.165, 1.54) is 0 Å². The number of carbonyl (C=O) groups excluding carboxylic acids is 1. The summed E-state index contributed by atoms with van der Waals surface area (Å²) in [7, 11) is 0. The third kappa shape index (κ3) is 4.17. The van der Waals surface area contributed by atoms with Gasteiger partial charge in [-0.1, -0.05) is 32.0 Å². The maximum atomic E-state index is 12.5. The lowest BCUT2D eigenvalue weighted by Crippen LogP contribution is -2.44. The number of para-hydroxylation sites is 1. The average Bonchev–Trinajstić information content (AvgIpc) is 3.11. The Morgan fingerprint density at radius 1 is 1.36 bits per heavy atom. The fraction of sp³-hybridized carbons (Fsp3) is 0.500. The molecule has 1 aliphatic rings. The van der Waals surface area contributed by atoms with Crippen LogP contribution in [0.2, 0.25) is 0 Å². The highest BCUT2D eigenvalue weighted by Gasteiger charge is 2.29. The zero-order valence-corrected chi connectivity index (χ0v) is 14.8. The minimum Gasteiger partial charge on any atom is -0.484 e. The zero-order chi connectivity index (χ0) is 17.8. The van der Waals surface area contributed by atoms with Crippen molar-refractivity contribution in [3.8, 4) is 5.75 Å². The lowest BCUT2D eigenvalue weighted by Gasteiger charge is -2.31. The predicted octanol–water partition coefficient (Wildman–Crippen LogP) is 2.48. The van der Waals surface area contributed by atoms with Crippen LogP contribution in [0.4, 0.5) is 0 Å². The number of benzene rings is 1. The number of hydrogen-bond donors (Lipinski definition) is 0. The number of hydrogen-bond acceptors (Lipinski definition) is 6. The molecule has 0 unspecified atom stereocenters. The summed E-state index contributed by atoms with van der Waals surface area (Å²) < 4.78 is 17.0. The first-order valence-corrected chi connectivity index (χ1v) is 8.45. The van der Waals surface area contributed by atoms with Crippen LogP contribution in [0.3, 0.4) is 0 Å². The molecular weight excluding hydrogens is 322 g/mol. The molecular formula is C18H23N3O4. The number of nitrogens with zero attached hydrogens (tertiary/aromatic N) is 3. The van der Waals surface area contributed by atoms with Crippen LogP contribution in [0.1, 0.15) is 43.2 Å². The van der Waals surface area contributed by atoms with Crippen molar-refractivity contribution in [2.24, 2.45) is 0 Å². The maximum Gasteiger partial charge on any atom is 0.260 e. The largest absolute Gasteiger partial charge is 0.484 e. The summed E-state index contributed by atoms with van der Waals surface area (Å²) in [6.45, 7) is 7.26. The van der Waals surface area contributed by atoms with Gasteiger partial charge in [0.25, 0.3) is 5.91 Å². The molecule has 7 nitrogen and oxygen atoms in total. The van der Waals surface area contributed by atoms with Crippen molar-refractivity contribution < 1.29 is 18.7 Å². The van der Waals surface area contributed by atoms with Crippen molar-refractivity contribution in [2.75, 3.05) is 26.3 Å². The quantitative estimate of drug-likeness (QED) is 0.828. The van der Waals surface area contributed by atoms with E-state index in [0.29, 0.717) is 31.5 Å². The molecule has 0 N–H and O–H groups in total. The molecule has 0 saturated carbocycles. The number of rotatable bonds is 5. The van der Waals surface area contributed by atoms with Crippen LogP contribution in [0, 0.1) is 6.92 Å². The molecule has 1 aromatic carbocycles. The van der Waals surface area contributed by atoms with Gasteiger partial charge in [0.15, 0.2) is 12.7 Å². The molecule has 1 saturated heterocycles. The Hall–Kier alpha value is -2.41. The van der Waals surface area contributed by atoms with Gasteiger partial charge in [-0.15, -0.1) is 10.2 Å². The van der Waals surface area contributed by atoms with Gasteiger partial charge in [-0.2, -0.15) is 0 Å². The van der Waals surface area contributed by atoms with Gasteiger partial charge in [-0.05, 0) is 18.6 Å². The summed E-state index contributed by atoms with van der Waals surface area (Å²) in [5.74, 6) is 1.79. The van der Waals surface area contributed by atoms with Gasteiger partial charge < -0.3 is 18.8 Å². The molecule has 25 heavy (non-hydrogen) atoms.